The number of methoxy groups -OCH3 is 1. The van der Waals surface area contributed by atoms with Crippen LogP contribution in [-0.4, -0.2) is 148 Å². The first-order chi connectivity index (χ1) is 28.1. The predicted molar refractivity (Wildman–Crippen MR) is 222 cm³/mol. The highest BCUT2D eigenvalue weighted by Crippen LogP contribution is 2.41. The van der Waals surface area contributed by atoms with Crippen LogP contribution in [0.3, 0.4) is 0 Å². The number of unbranched alkanes of at least 4 members (excludes halogenated alkanes) is 1. The number of esters is 1. The number of anilines is 1. The number of amides is 1. The summed E-state index contributed by atoms with van der Waals surface area (Å²) >= 11 is 0. The minimum absolute atomic E-state index is 0.173. The van der Waals surface area contributed by atoms with Gasteiger partial charge in [-0.05, 0) is 93.5 Å². The second kappa shape index (κ2) is 19.1. The summed E-state index contributed by atoms with van der Waals surface area (Å²) in [7, 11) is 5.13. The number of hydrogen-bond donors (Lipinski definition) is 3. The fourth-order valence-corrected chi connectivity index (χ4v) is 9.44. The number of carbonyl (C=O) groups excluding carboxylic acids is 3. The number of hydrogen-bond acceptors (Lipinski definition) is 14. The van der Waals surface area contributed by atoms with Crippen LogP contribution < -0.4 is 11.1 Å². The van der Waals surface area contributed by atoms with E-state index in [1.807, 2.05) is 64.2 Å². The monoisotopic (exact) mass is 846 g/mol. The molecule has 60 heavy (non-hydrogen) atoms. The first-order valence-corrected chi connectivity index (χ1v) is 21.3. The highest BCUT2D eigenvalue weighted by Gasteiger charge is 2.59. The molecule has 16 nitrogen and oxygen atoms in total. The van der Waals surface area contributed by atoms with Gasteiger partial charge in [0.15, 0.2) is 17.7 Å². The predicted octanol–water partition coefficient (Wildman–Crippen LogP) is 4.38. The van der Waals surface area contributed by atoms with E-state index in [9.17, 15) is 19.5 Å². The second-order valence-corrected chi connectivity index (χ2v) is 18.0. The lowest BCUT2D eigenvalue weighted by atomic mass is 9.77. The number of ether oxygens (including phenoxy) is 5. The van der Waals surface area contributed by atoms with E-state index in [2.05, 4.69) is 15.6 Å². The highest BCUT2D eigenvalue weighted by molar-refractivity contribution is 6.00. The van der Waals surface area contributed by atoms with Gasteiger partial charge < -0.3 is 44.7 Å². The van der Waals surface area contributed by atoms with Crippen LogP contribution in [0.2, 0.25) is 0 Å². The van der Waals surface area contributed by atoms with Gasteiger partial charge in [-0.1, -0.05) is 31.2 Å². The number of aliphatic hydroxyl groups excluding tert-OH is 1. The lowest BCUT2D eigenvalue weighted by Crippen LogP contribution is -2.62. The number of benzene rings is 1. The van der Waals surface area contributed by atoms with E-state index in [1.165, 1.54) is 21.0 Å². The molecule has 2 aromatic rings. The van der Waals surface area contributed by atoms with Gasteiger partial charge in [0, 0.05) is 62.4 Å². The quantitative estimate of drug-likeness (QED) is 0.125. The Labute approximate surface area is 353 Å². The maximum Gasteiger partial charge on any atom is 0.410 e. The Hall–Kier alpha value is -3.74. The molecule has 13 atom stereocenters. The Morgan fingerprint density at radius 3 is 2.45 bits per heavy atom. The lowest BCUT2D eigenvalue weighted by Gasteiger charge is -2.47. The molecular weight excluding hydrogens is 778 g/mol. The molecule has 3 aliphatic rings. The molecule has 1 amide bonds. The summed E-state index contributed by atoms with van der Waals surface area (Å²) in [4.78, 5) is 45.7. The van der Waals surface area contributed by atoms with E-state index in [0.717, 1.165) is 5.56 Å². The first-order valence-electron chi connectivity index (χ1n) is 21.3. The van der Waals surface area contributed by atoms with Crippen LogP contribution in [0.25, 0.3) is 11.3 Å². The number of aromatic nitrogens is 3. The summed E-state index contributed by atoms with van der Waals surface area (Å²) in [5.41, 5.74) is 3.35. The number of aryl methyl sites for hydroxylation is 1. The number of halogens is 1. The van der Waals surface area contributed by atoms with Crippen molar-refractivity contribution in [1.82, 2.24) is 30.1 Å². The number of nitrogens with one attached hydrogen (secondary N) is 1. The Kier molecular flexibility index (Phi) is 15.1. The Morgan fingerprint density at radius 1 is 1.10 bits per heavy atom. The number of nitrogens with zero attached hydrogens (tertiary/aromatic N) is 5. The number of cyclic esters (lactones) is 1. The third kappa shape index (κ3) is 10.3. The number of aliphatic hydroxyl groups is 1. The van der Waals surface area contributed by atoms with Crippen molar-refractivity contribution >= 4 is 23.5 Å². The zero-order valence-electron chi connectivity index (χ0n) is 37.2. The molecule has 4 heterocycles. The van der Waals surface area contributed by atoms with Gasteiger partial charge in [-0.2, -0.15) is 0 Å². The molecule has 1 aromatic heterocycles. The molecule has 5 rings (SSSR count). The second-order valence-electron chi connectivity index (χ2n) is 18.0. The van der Waals surface area contributed by atoms with Crippen LogP contribution in [0, 0.1) is 11.8 Å². The van der Waals surface area contributed by atoms with Crippen molar-refractivity contribution in [2.75, 3.05) is 40.0 Å². The van der Waals surface area contributed by atoms with Crippen LogP contribution in [0.4, 0.5) is 14.9 Å². The largest absolute Gasteiger partial charge is 0.458 e. The van der Waals surface area contributed by atoms with Crippen LogP contribution >= 0.6 is 0 Å². The standard InChI is InChI=1S/C43H68FN7O9/c1-12-33-43(8)36(51(40(55)60-43)19-14-13-18-50-22-31(47-48-50)29-16-15-17-30(45)21-29)28(5)46-24-41(6,44)23-42(7,56-11)37(26(3)34(52)27(4)38(54)58-33)59-39-35(53)32(49(9)10)20-25(2)57-39/h15-17,21-22,25-28,32-33,35-37,39,46,53H,12-14,18-20,23-24,45H2,1-11H3/t25-,26+,27-,28-,32?,33-,35?,36-,37-,39+,41?,42-,43-/m1/s1. The molecule has 3 fully saturated rings. The number of ketones is 1. The molecular formula is C43H68FN7O9. The molecule has 336 valence electrons. The molecule has 3 unspecified atom stereocenters. The normalized spacial score (nSPS) is 37.3. The maximum atomic E-state index is 17.1. The van der Waals surface area contributed by atoms with Gasteiger partial charge in [0.2, 0.25) is 0 Å². The van der Waals surface area contributed by atoms with Gasteiger partial charge in [-0.3, -0.25) is 19.2 Å². The number of nitrogens with two attached hydrogens (primary N) is 1. The topological polar surface area (TPSA) is 193 Å². The Morgan fingerprint density at radius 2 is 1.80 bits per heavy atom. The first kappa shape index (κ1) is 47.3. The molecule has 0 radical (unpaired) electrons. The number of Topliss-reactive ketones (excluding diaryl/α,β-unsaturated/α-hetero) is 1. The van der Waals surface area contributed by atoms with Gasteiger partial charge in [0.05, 0.1) is 30.0 Å². The summed E-state index contributed by atoms with van der Waals surface area (Å²) in [5.74, 6) is -3.64. The molecule has 1 aromatic carbocycles. The fourth-order valence-electron chi connectivity index (χ4n) is 9.44. The smallest absolute Gasteiger partial charge is 0.410 e. The zero-order chi connectivity index (χ0) is 44.3. The molecule has 0 spiro atoms. The minimum Gasteiger partial charge on any atom is -0.458 e. The summed E-state index contributed by atoms with van der Waals surface area (Å²) in [6, 6.07) is 5.85. The van der Waals surface area contributed by atoms with E-state index >= 15 is 4.39 Å². The van der Waals surface area contributed by atoms with Crippen LogP contribution in [-0.2, 0) is 39.8 Å². The van der Waals surface area contributed by atoms with Gasteiger partial charge in [0.1, 0.15) is 29.5 Å². The van der Waals surface area contributed by atoms with Crippen molar-refractivity contribution in [3.8, 4) is 11.3 Å². The number of nitrogen functional groups attached to an aromatic ring is 1. The van der Waals surface area contributed by atoms with E-state index in [0.29, 0.717) is 43.7 Å². The van der Waals surface area contributed by atoms with Gasteiger partial charge >= 0.3 is 12.1 Å². The summed E-state index contributed by atoms with van der Waals surface area (Å²) < 4.78 is 49.9. The van der Waals surface area contributed by atoms with Gasteiger partial charge in [-0.15, -0.1) is 5.10 Å². The van der Waals surface area contributed by atoms with Gasteiger partial charge in [-0.25, -0.2) is 9.18 Å². The number of likely N-dealkylation sites (N-methyl/N-ethyl adjacent to an activating group) is 1. The van der Waals surface area contributed by atoms with Crippen LogP contribution in [0.15, 0.2) is 30.5 Å². The number of alkyl halides is 1. The van der Waals surface area contributed by atoms with E-state index in [-0.39, 0.29) is 31.5 Å². The fraction of sp³-hybridized carbons (Fsp3) is 0.744. The zero-order valence-corrected chi connectivity index (χ0v) is 37.2. The van der Waals surface area contributed by atoms with Gasteiger partial charge in [0.25, 0.3) is 0 Å². The summed E-state index contributed by atoms with van der Waals surface area (Å²) in [6.45, 7) is 14.1. The molecule has 3 saturated heterocycles. The average molecular weight is 846 g/mol. The Balaban J connectivity index is 1.40. The van der Waals surface area contributed by atoms with Crippen molar-refractivity contribution in [3.63, 3.8) is 0 Å². The van der Waals surface area contributed by atoms with E-state index in [1.54, 1.807) is 36.4 Å². The number of carbonyl (C=O) groups is 3. The van der Waals surface area contributed by atoms with Crippen LogP contribution in [0.5, 0.6) is 0 Å². The third-order valence-electron chi connectivity index (χ3n) is 12.8. The van der Waals surface area contributed by atoms with Crippen molar-refractivity contribution in [3.05, 3.63) is 30.5 Å². The molecule has 3 aliphatic heterocycles. The maximum absolute atomic E-state index is 17.1. The van der Waals surface area contributed by atoms with Crippen molar-refractivity contribution < 1.29 is 47.6 Å². The minimum atomic E-state index is -1.95. The molecule has 4 N–H and O–H groups in total. The Bertz CT molecular complexity index is 1800. The molecule has 0 aliphatic carbocycles. The van der Waals surface area contributed by atoms with Crippen molar-refractivity contribution in [2.24, 2.45) is 11.8 Å². The SMILES string of the molecule is CC[C@H]1OC(=O)[C@H](C)C(=O)[C@H](C)[C@@H](O[C@@H]2O[C@H](C)CC(N(C)C)C2O)[C@](C)(OC)CC(C)(F)CN[C@H](C)[C@H]2N(CCCCn3cc(-c4cccc(N)c4)nn3)C(=O)O[C@]12C. The molecule has 17 heteroatoms. The number of rotatable bonds is 11. The van der Waals surface area contributed by atoms with E-state index in [4.69, 9.17) is 29.4 Å². The molecule has 0 saturated carbocycles. The van der Waals surface area contributed by atoms with Crippen molar-refractivity contribution in [1.29, 1.82) is 0 Å². The van der Waals surface area contributed by atoms with E-state index < -0.39 is 83.2 Å². The summed E-state index contributed by atoms with van der Waals surface area (Å²) in [5, 5.41) is 23.3. The third-order valence-corrected chi connectivity index (χ3v) is 12.8. The molecule has 0 bridgehead atoms. The highest BCUT2D eigenvalue weighted by atomic mass is 19.1. The lowest BCUT2D eigenvalue weighted by molar-refractivity contribution is -0.296. The summed E-state index contributed by atoms with van der Waals surface area (Å²) in [6.07, 6.45) is -1.61. The number of fused-ring (bicyclic) bond motifs is 1. The average Bonchev–Trinajstić information content (AvgIpc) is 3.77. The van der Waals surface area contributed by atoms with Crippen molar-refractivity contribution in [2.45, 2.75) is 160 Å². The van der Waals surface area contributed by atoms with Crippen LogP contribution in [0.1, 0.15) is 87.5 Å².